The van der Waals surface area contributed by atoms with Gasteiger partial charge in [0.2, 0.25) is 0 Å². The first-order valence-electron chi connectivity index (χ1n) is 8.24. The smallest absolute Gasteiger partial charge is 0.271 e. The van der Waals surface area contributed by atoms with E-state index in [-0.39, 0.29) is 5.91 Å². The molecule has 2 aliphatic carbocycles. The minimum atomic E-state index is -0.162. The molecule has 22 heavy (non-hydrogen) atoms. The number of carbonyl (C=O) groups is 1. The topological polar surface area (TPSA) is 50.7 Å². The van der Waals surface area contributed by atoms with Gasteiger partial charge in [-0.25, -0.2) is 5.43 Å². The molecule has 2 aliphatic rings. The Morgan fingerprint density at radius 2 is 2.05 bits per heavy atom. The molecule has 1 amide bonds. The van der Waals surface area contributed by atoms with E-state index in [0.29, 0.717) is 18.1 Å². The van der Waals surface area contributed by atoms with E-state index in [1.54, 1.807) is 12.1 Å². The number of nitrogens with zero attached hydrogens (tertiary/aromatic N) is 1. The molecular weight excluding hydrogens is 276 g/mol. The number of benzene rings is 1. The lowest BCUT2D eigenvalue weighted by Crippen LogP contribution is -2.24. The van der Waals surface area contributed by atoms with Crippen LogP contribution < -0.4 is 10.2 Å². The van der Waals surface area contributed by atoms with Crippen LogP contribution in [-0.2, 0) is 0 Å². The number of rotatable bonds is 5. The Labute approximate surface area is 131 Å². The molecule has 3 atom stereocenters. The molecule has 1 aromatic rings. The van der Waals surface area contributed by atoms with Crippen LogP contribution in [0.1, 0.15) is 49.9 Å². The number of fused-ring (bicyclic) bond motifs is 2. The van der Waals surface area contributed by atoms with Crippen molar-refractivity contribution in [3.8, 4) is 5.75 Å². The van der Waals surface area contributed by atoms with Crippen LogP contribution in [0.2, 0.25) is 0 Å². The Bertz CT molecular complexity index is 565. The highest BCUT2D eigenvalue weighted by molar-refractivity contribution is 5.95. The highest BCUT2D eigenvalue weighted by Gasteiger charge is 2.40. The fraction of sp³-hybridized carbons (Fsp3) is 0.556. The molecule has 2 saturated carbocycles. The van der Waals surface area contributed by atoms with Crippen LogP contribution in [-0.4, -0.2) is 18.2 Å². The zero-order valence-electron chi connectivity index (χ0n) is 13.3. The van der Waals surface area contributed by atoms with Crippen molar-refractivity contribution >= 4 is 11.6 Å². The summed E-state index contributed by atoms with van der Waals surface area (Å²) in [4.78, 5) is 12.1. The van der Waals surface area contributed by atoms with Gasteiger partial charge in [0.15, 0.2) is 0 Å². The maximum Gasteiger partial charge on any atom is 0.271 e. The molecule has 0 spiro atoms. The molecule has 0 aliphatic heterocycles. The maximum atomic E-state index is 12.1. The summed E-state index contributed by atoms with van der Waals surface area (Å²) >= 11 is 0. The van der Waals surface area contributed by atoms with Gasteiger partial charge in [0.1, 0.15) is 5.75 Å². The van der Waals surface area contributed by atoms with Crippen molar-refractivity contribution < 1.29 is 9.53 Å². The van der Waals surface area contributed by atoms with E-state index in [2.05, 4.69) is 10.5 Å². The van der Waals surface area contributed by atoms with Crippen LogP contribution in [0.15, 0.2) is 29.4 Å². The summed E-state index contributed by atoms with van der Waals surface area (Å²) in [5.74, 6) is 2.86. The molecule has 4 heteroatoms. The monoisotopic (exact) mass is 300 g/mol. The molecule has 0 aromatic heterocycles. The number of ether oxygens (including phenoxy) is 1. The van der Waals surface area contributed by atoms with Crippen LogP contribution in [0.5, 0.6) is 5.75 Å². The summed E-state index contributed by atoms with van der Waals surface area (Å²) in [5.41, 5.74) is 4.37. The Morgan fingerprint density at radius 1 is 1.27 bits per heavy atom. The Balaban J connectivity index is 1.58. The average Bonchev–Trinajstić information content (AvgIpc) is 3.16. The summed E-state index contributed by atoms with van der Waals surface area (Å²) in [6.07, 6.45) is 5.31. The molecule has 2 bridgehead atoms. The number of nitrogens with one attached hydrogen (secondary N) is 1. The van der Waals surface area contributed by atoms with E-state index >= 15 is 0 Å². The van der Waals surface area contributed by atoms with Crippen molar-refractivity contribution in [2.24, 2.45) is 22.9 Å². The first-order valence-corrected chi connectivity index (χ1v) is 8.24. The third kappa shape index (κ3) is 3.16. The quantitative estimate of drug-likeness (QED) is 0.667. The molecular formula is C18H24N2O2. The molecule has 3 unspecified atom stereocenters. The minimum absolute atomic E-state index is 0.162. The predicted molar refractivity (Wildman–Crippen MR) is 87.1 cm³/mol. The van der Waals surface area contributed by atoms with Gasteiger partial charge in [-0.2, -0.15) is 5.10 Å². The Kier molecular flexibility index (Phi) is 4.46. The highest BCUT2D eigenvalue weighted by Crippen LogP contribution is 2.48. The predicted octanol–water partition coefficient (Wildman–Crippen LogP) is 3.63. The molecule has 3 rings (SSSR count). The number of carbonyl (C=O) groups excluding carboxylic acids is 1. The zero-order valence-corrected chi connectivity index (χ0v) is 13.3. The Hall–Kier alpha value is -1.84. The average molecular weight is 300 g/mol. The summed E-state index contributed by atoms with van der Waals surface area (Å²) in [6.45, 7) is 4.61. The van der Waals surface area contributed by atoms with Gasteiger partial charge in [-0.05, 0) is 69.2 Å². The van der Waals surface area contributed by atoms with Crippen LogP contribution in [0.3, 0.4) is 0 Å². The van der Waals surface area contributed by atoms with E-state index in [1.807, 2.05) is 26.0 Å². The molecule has 1 aromatic carbocycles. The first kappa shape index (κ1) is 15.1. The van der Waals surface area contributed by atoms with Crippen LogP contribution in [0, 0.1) is 17.8 Å². The van der Waals surface area contributed by atoms with Gasteiger partial charge >= 0.3 is 0 Å². The van der Waals surface area contributed by atoms with Gasteiger partial charge in [0.05, 0.1) is 6.61 Å². The van der Waals surface area contributed by atoms with Gasteiger partial charge in [0.25, 0.3) is 5.91 Å². The van der Waals surface area contributed by atoms with Gasteiger partial charge in [-0.3, -0.25) is 4.79 Å². The highest BCUT2D eigenvalue weighted by atomic mass is 16.5. The largest absolute Gasteiger partial charge is 0.494 e. The molecule has 2 fully saturated rings. The van der Waals surface area contributed by atoms with E-state index in [9.17, 15) is 4.79 Å². The maximum absolute atomic E-state index is 12.1. The third-order valence-corrected chi connectivity index (χ3v) is 5.04. The lowest BCUT2D eigenvalue weighted by atomic mass is 9.86. The van der Waals surface area contributed by atoms with Crippen LogP contribution in [0.25, 0.3) is 0 Å². The number of hydrogen-bond donors (Lipinski definition) is 1. The fourth-order valence-electron chi connectivity index (χ4n) is 3.91. The fourth-order valence-corrected chi connectivity index (χ4v) is 3.91. The van der Waals surface area contributed by atoms with Crippen molar-refractivity contribution in [1.29, 1.82) is 0 Å². The second-order valence-electron chi connectivity index (χ2n) is 6.43. The molecule has 0 heterocycles. The van der Waals surface area contributed by atoms with E-state index < -0.39 is 0 Å². The van der Waals surface area contributed by atoms with Gasteiger partial charge in [-0.1, -0.05) is 6.42 Å². The lowest BCUT2D eigenvalue weighted by Gasteiger charge is -2.21. The van der Waals surface area contributed by atoms with Crippen molar-refractivity contribution in [3.05, 3.63) is 29.8 Å². The lowest BCUT2D eigenvalue weighted by molar-refractivity contribution is 0.0954. The zero-order chi connectivity index (χ0) is 15.5. The third-order valence-electron chi connectivity index (χ3n) is 5.04. The van der Waals surface area contributed by atoms with E-state index in [4.69, 9.17) is 4.74 Å². The minimum Gasteiger partial charge on any atom is -0.494 e. The van der Waals surface area contributed by atoms with Crippen LogP contribution >= 0.6 is 0 Å². The van der Waals surface area contributed by atoms with Crippen LogP contribution in [0.4, 0.5) is 0 Å². The van der Waals surface area contributed by atoms with Crippen molar-refractivity contribution in [1.82, 2.24) is 5.43 Å². The number of hydrazone groups is 1. The number of hydrogen-bond acceptors (Lipinski definition) is 3. The van der Waals surface area contributed by atoms with Crippen molar-refractivity contribution in [3.63, 3.8) is 0 Å². The normalized spacial score (nSPS) is 27.0. The second-order valence-corrected chi connectivity index (χ2v) is 6.43. The molecule has 1 N–H and O–H groups in total. The molecule has 4 nitrogen and oxygen atoms in total. The van der Waals surface area contributed by atoms with Gasteiger partial charge in [-0.15, -0.1) is 0 Å². The first-order chi connectivity index (χ1) is 10.7. The van der Waals surface area contributed by atoms with E-state index in [0.717, 1.165) is 23.3 Å². The molecule has 0 radical (unpaired) electrons. The van der Waals surface area contributed by atoms with Gasteiger partial charge < -0.3 is 4.74 Å². The van der Waals surface area contributed by atoms with E-state index in [1.165, 1.54) is 25.7 Å². The van der Waals surface area contributed by atoms with Crippen molar-refractivity contribution in [2.75, 3.05) is 6.61 Å². The second kappa shape index (κ2) is 6.51. The Morgan fingerprint density at radius 3 is 2.64 bits per heavy atom. The SMILES string of the molecule is CCOc1ccc(C(=O)NN=C(C)C2CC3CCC2C3)cc1. The molecule has 118 valence electrons. The van der Waals surface area contributed by atoms with Crippen molar-refractivity contribution in [2.45, 2.75) is 39.5 Å². The molecule has 0 saturated heterocycles. The number of amides is 1. The summed E-state index contributed by atoms with van der Waals surface area (Å²) in [6, 6.07) is 7.15. The summed E-state index contributed by atoms with van der Waals surface area (Å²) < 4.78 is 5.38. The van der Waals surface area contributed by atoms with Gasteiger partial charge in [0, 0.05) is 17.2 Å². The standard InChI is InChI=1S/C18H24N2O2/c1-3-22-16-8-6-14(7-9-16)18(21)20-19-12(2)17-11-13-4-5-15(17)10-13/h6-9,13,15,17H,3-5,10-11H2,1-2H3,(H,20,21). The summed E-state index contributed by atoms with van der Waals surface area (Å²) in [5, 5.41) is 4.35. The summed E-state index contributed by atoms with van der Waals surface area (Å²) in [7, 11) is 0.